The predicted molar refractivity (Wildman–Crippen MR) is 59.6 cm³/mol. The number of benzene rings is 1. The standard InChI is InChI=1S/C9H10N4OS.ClH/c1-14-7-5-3-2-4-6(7)8-11-12-9(15)13(8)10;/h2-5H,10H2,1H3,(H,12,15);1H/p-1. The van der Waals surface area contributed by atoms with Gasteiger partial charge in [-0.1, -0.05) is 12.1 Å². The Hall–Kier alpha value is -1.53. The number of rotatable bonds is 2. The third kappa shape index (κ3) is 2.02. The molecule has 2 aromatic rings. The van der Waals surface area contributed by atoms with Crippen LogP contribution in [0.4, 0.5) is 0 Å². The van der Waals surface area contributed by atoms with E-state index in [0.29, 0.717) is 16.3 Å². The lowest BCUT2D eigenvalue weighted by atomic mass is 10.2. The van der Waals surface area contributed by atoms with Crippen LogP contribution in [0, 0.1) is 4.77 Å². The minimum atomic E-state index is 0. The fourth-order valence-corrected chi connectivity index (χ4v) is 1.46. The van der Waals surface area contributed by atoms with Gasteiger partial charge in [0.25, 0.3) is 0 Å². The van der Waals surface area contributed by atoms with Crippen molar-refractivity contribution < 1.29 is 17.1 Å². The molecule has 0 amide bonds. The Morgan fingerprint density at radius 3 is 2.69 bits per heavy atom. The molecule has 16 heavy (non-hydrogen) atoms. The van der Waals surface area contributed by atoms with Gasteiger partial charge in [0.2, 0.25) is 4.77 Å². The van der Waals surface area contributed by atoms with Crippen LogP contribution in [0.1, 0.15) is 0 Å². The molecule has 3 N–H and O–H groups in total. The molecule has 1 aromatic heterocycles. The second-order valence-electron chi connectivity index (χ2n) is 2.92. The van der Waals surface area contributed by atoms with Gasteiger partial charge in [0.15, 0.2) is 5.82 Å². The van der Waals surface area contributed by atoms with Crippen molar-refractivity contribution in [3.8, 4) is 17.1 Å². The highest BCUT2D eigenvalue weighted by molar-refractivity contribution is 7.71. The Bertz CT molecular complexity index is 536. The molecule has 0 spiro atoms. The highest BCUT2D eigenvalue weighted by Crippen LogP contribution is 2.26. The first-order valence-corrected chi connectivity index (χ1v) is 4.70. The van der Waals surface area contributed by atoms with Crippen molar-refractivity contribution in [2.75, 3.05) is 13.0 Å². The normalized spacial score (nSPS) is 9.56. The van der Waals surface area contributed by atoms with Gasteiger partial charge >= 0.3 is 0 Å². The molecule has 2 rings (SSSR count). The van der Waals surface area contributed by atoms with Crippen LogP contribution in [-0.2, 0) is 0 Å². The molecule has 0 fully saturated rings. The number of hydrogen-bond acceptors (Lipinski definition) is 4. The Labute approximate surface area is 104 Å². The molecule has 86 valence electrons. The van der Waals surface area contributed by atoms with E-state index >= 15 is 0 Å². The summed E-state index contributed by atoms with van der Waals surface area (Å²) in [6.45, 7) is 0. The number of H-pyrrole nitrogens is 1. The van der Waals surface area contributed by atoms with Crippen LogP contribution in [-0.4, -0.2) is 22.0 Å². The maximum Gasteiger partial charge on any atom is 0.214 e. The maximum absolute atomic E-state index is 5.72. The third-order valence-electron chi connectivity index (χ3n) is 2.05. The lowest BCUT2D eigenvalue weighted by Gasteiger charge is -2.06. The summed E-state index contributed by atoms with van der Waals surface area (Å²) in [5.41, 5.74) is 0.801. The molecule has 0 saturated heterocycles. The summed E-state index contributed by atoms with van der Waals surface area (Å²) in [6, 6.07) is 7.47. The number of para-hydroxylation sites is 1. The average Bonchev–Trinajstić information content (AvgIpc) is 2.60. The van der Waals surface area contributed by atoms with Crippen LogP contribution >= 0.6 is 12.2 Å². The SMILES string of the molecule is COc1ccccc1-c1n[nH]c(=S)n1N.[Cl-]. The van der Waals surface area contributed by atoms with Gasteiger partial charge in [0, 0.05) is 0 Å². The van der Waals surface area contributed by atoms with E-state index in [0.717, 1.165) is 5.56 Å². The highest BCUT2D eigenvalue weighted by atomic mass is 35.5. The van der Waals surface area contributed by atoms with Crippen molar-refractivity contribution in [1.82, 2.24) is 14.9 Å². The van der Waals surface area contributed by atoms with Crippen LogP contribution in [0.2, 0.25) is 0 Å². The van der Waals surface area contributed by atoms with E-state index in [1.54, 1.807) is 7.11 Å². The van der Waals surface area contributed by atoms with Gasteiger partial charge in [0.1, 0.15) is 5.75 Å². The first-order valence-electron chi connectivity index (χ1n) is 4.30. The Morgan fingerprint density at radius 2 is 2.12 bits per heavy atom. The highest BCUT2D eigenvalue weighted by Gasteiger charge is 2.10. The van der Waals surface area contributed by atoms with Gasteiger partial charge in [-0.05, 0) is 24.4 Å². The summed E-state index contributed by atoms with van der Waals surface area (Å²) in [5.74, 6) is 6.98. The number of aromatic nitrogens is 3. The molecule has 0 unspecified atom stereocenters. The summed E-state index contributed by atoms with van der Waals surface area (Å²) < 4.78 is 6.89. The minimum absolute atomic E-state index is 0. The lowest BCUT2D eigenvalue weighted by molar-refractivity contribution is -0.00000336. The number of nitrogen functional groups attached to an aromatic ring is 1. The van der Waals surface area contributed by atoms with Crippen LogP contribution in [0.15, 0.2) is 24.3 Å². The second-order valence-corrected chi connectivity index (χ2v) is 3.31. The van der Waals surface area contributed by atoms with Gasteiger partial charge < -0.3 is 23.0 Å². The number of hydrogen-bond donors (Lipinski definition) is 2. The number of nitrogens with zero attached hydrogens (tertiary/aromatic N) is 2. The van der Waals surface area contributed by atoms with Crippen molar-refractivity contribution in [2.45, 2.75) is 0 Å². The van der Waals surface area contributed by atoms with E-state index in [1.165, 1.54) is 4.68 Å². The van der Waals surface area contributed by atoms with E-state index < -0.39 is 0 Å². The maximum atomic E-state index is 5.72. The molecular weight excluding hydrogens is 248 g/mol. The summed E-state index contributed by atoms with van der Waals surface area (Å²) >= 11 is 4.93. The molecular formula is C9H10ClN4OS-. The molecule has 7 heteroatoms. The quantitative estimate of drug-likeness (QED) is 0.499. The molecule has 1 aromatic carbocycles. The first kappa shape index (κ1) is 12.5. The summed E-state index contributed by atoms with van der Waals surface area (Å²) in [5, 5.41) is 6.66. The van der Waals surface area contributed by atoms with E-state index in [4.69, 9.17) is 22.8 Å². The van der Waals surface area contributed by atoms with Crippen molar-refractivity contribution in [3.05, 3.63) is 29.0 Å². The number of halogens is 1. The fraction of sp³-hybridized carbons (Fsp3) is 0.111. The molecule has 0 saturated carbocycles. The number of methoxy groups -OCH3 is 1. The van der Waals surface area contributed by atoms with Gasteiger partial charge in [-0.25, -0.2) is 9.77 Å². The Kier molecular flexibility index (Phi) is 3.92. The predicted octanol–water partition coefficient (Wildman–Crippen LogP) is -1.67. The molecule has 0 atom stereocenters. The minimum Gasteiger partial charge on any atom is -1.00 e. The van der Waals surface area contributed by atoms with Crippen LogP contribution < -0.4 is 23.0 Å². The number of aromatic amines is 1. The molecule has 1 heterocycles. The molecule has 0 radical (unpaired) electrons. The molecule has 5 nitrogen and oxygen atoms in total. The largest absolute Gasteiger partial charge is 1.00 e. The Balaban J connectivity index is 0.00000128. The van der Waals surface area contributed by atoms with Gasteiger partial charge in [0.05, 0.1) is 12.7 Å². The first-order chi connectivity index (χ1) is 7.24. The van der Waals surface area contributed by atoms with Crippen LogP contribution in [0.5, 0.6) is 5.75 Å². The molecule has 0 bridgehead atoms. The topological polar surface area (TPSA) is 68.9 Å². The zero-order chi connectivity index (χ0) is 10.8. The van der Waals surface area contributed by atoms with Gasteiger partial charge in [-0.2, -0.15) is 5.10 Å². The van der Waals surface area contributed by atoms with Crippen molar-refractivity contribution in [3.63, 3.8) is 0 Å². The zero-order valence-electron chi connectivity index (χ0n) is 8.48. The number of nitrogens with one attached hydrogen (secondary N) is 1. The van der Waals surface area contributed by atoms with Crippen molar-refractivity contribution in [1.29, 1.82) is 0 Å². The van der Waals surface area contributed by atoms with E-state index in [2.05, 4.69) is 10.2 Å². The summed E-state index contributed by atoms with van der Waals surface area (Å²) in [4.78, 5) is 0. The molecule has 0 aliphatic heterocycles. The van der Waals surface area contributed by atoms with Crippen molar-refractivity contribution >= 4 is 12.2 Å². The lowest BCUT2D eigenvalue weighted by Crippen LogP contribution is -3.00. The van der Waals surface area contributed by atoms with Gasteiger partial charge in [-0.3, -0.25) is 0 Å². The average molecular weight is 258 g/mol. The van der Waals surface area contributed by atoms with Crippen LogP contribution in [0.3, 0.4) is 0 Å². The fourth-order valence-electron chi connectivity index (χ4n) is 1.32. The molecule has 0 aliphatic carbocycles. The van der Waals surface area contributed by atoms with E-state index in [1.807, 2.05) is 24.3 Å². The summed E-state index contributed by atoms with van der Waals surface area (Å²) in [6.07, 6.45) is 0. The number of ether oxygens (including phenoxy) is 1. The molecule has 0 aliphatic rings. The van der Waals surface area contributed by atoms with Crippen molar-refractivity contribution in [2.24, 2.45) is 0 Å². The Morgan fingerprint density at radius 1 is 1.44 bits per heavy atom. The second kappa shape index (κ2) is 5.00. The monoisotopic (exact) mass is 257 g/mol. The van der Waals surface area contributed by atoms with E-state index in [-0.39, 0.29) is 12.4 Å². The smallest absolute Gasteiger partial charge is 0.214 e. The van der Waals surface area contributed by atoms with Crippen LogP contribution in [0.25, 0.3) is 11.4 Å². The third-order valence-corrected chi connectivity index (χ3v) is 2.34. The van der Waals surface area contributed by atoms with E-state index in [9.17, 15) is 0 Å². The summed E-state index contributed by atoms with van der Waals surface area (Å²) in [7, 11) is 1.60. The van der Waals surface area contributed by atoms with Gasteiger partial charge in [-0.15, -0.1) is 0 Å². The number of nitrogens with two attached hydrogens (primary N) is 1. The zero-order valence-corrected chi connectivity index (χ0v) is 10.0.